The van der Waals surface area contributed by atoms with Crippen molar-refractivity contribution in [3.63, 3.8) is 0 Å². The Kier molecular flexibility index (Phi) is 5.23. The maximum atomic E-state index is 6.13. The van der Waals surface area contributed by atoms with Crippen molar-refractivity contribution in [2.24, 2.45) is 5.92 Å². The van der Waals surface area contributed by atoms with E-state index in [-0.39, 0.29) is 6.29 Å². The third-order valence-electron chi connectivity index (χ3n) is 3.77. The SMILES string of the molecule is CCC[C@@H]1O[C@@H](c2ccc(OC)cc2)OC[C@@H]1CC. The minimum absolute atomic E-state index is 0.231. The van der Waals surface area contributed by atoms with Crippen LogP contribution in [0.15, 0.2) is 24.3 Å². The summed E-state index contributed by atoms with van der Waals surface area (Å²) in [6, 6.07) is 7.92. The molecule has 1 aliphatic heterocycles. The number of ether oxygens (including phenoxy) is 3. The largest absolute Gasteiger partial charge is 0.497 e. The smallest absolute Gasteiger partial charge is 0.184 e. The molecule has 1 heterocycles. The van der Waals surface area contributed by atoms with E-state index < -0.39 is 0 Å². The molecule has 0 amide bonds. The van der Waals surface area contributed by atoms with Gasteiger partial charge in [-0.2, -0.15) is 0 Å². The van der Waals surface area contributed by atoms with Crippen molar-refractivity contribution in [2.75, 3.05) is 13.7 Å². The molecule has 0 aliphatic carbocycles. The first-order valence-electron chi connectivity index (χ1n) is 7.19. The monoisotopic (exact) mass is 264 g/mol. The Labute approximate surface area is 115 Å². The standard InChI is InChI=1S/C16H24O3/c1-4-6-15-12(5-2)11-18-16(19-15)13-7-9-14(17-3)10-8-13/h7-10,12,15-16H,4-6,11H2,1-3H3/t12-,15-,16-/m0/s1. The quantitative estimate of drug-likeness (QED) is 0.806. The Balaban J connectivity index is 2.04. The van der Waals surface area contributed by atoms with Crippen molar-refractivity contribution in [1.82, 2.24) is 0 Å². The van der Waals surface area contributed by atoms with Crippen molar-refractivity contribution < 1.29 is 14.2 Å². The van der Waals surface area contributed by atoms with Gasteiger partial charge in [0, 0.05) is 11.5 Å². The molecule has 0 N–H and O–H groups in total. The zero-order chi connectivity index (χ0) is 13.7. The van der Waals surface area contributed by atoms with Crippen molar-refractivity contribution in [3.05, 3.63) is 29.8 Å². The van der Waals surface area contributed by atoms with Crippen LogP contribution in [0.25, 0.3) is 0 Å². The Morgan fingerprint density at radius 1 is 1.21 bits per heavy atom. The van der Waals surface area contributed by atoms with Crippen LogP contribution < -0.4 is 4.74 Å². The molecule has 0 aromatic heterocycles. The molecular weight excluding hydrogens is 240 g/mol. The third kappa shape index (κ3) is 3.48. The molecule has 1 aliphatic rings. The highest BCUT2D eigenvalue weighted by atomic mass is 16.7. The molecule has 2 rings (SSSR count). The highest BCUT2D eigenvalue weighted by Gasteiger charge is 2.30. The van der Waals surface area contributed by atoms with Crippen LogP contribution in [0.3, 0.4) is 0 Å². The summed E-state index contributed by atoms with van der Waals surface area (Å²) in [7, 11) is 1.67. The lowest BCUT2D eigenvalue weighted by atomic mass is 9.95. The number of rotatable bonds is 5. The molecule has 0 spiro atoms. The van der Waals surface area contributed by atoms with Gasteiger partial charge in [-0.15, -0.1) is 0 Å². The van der Waals surface area contributed by atoms with E-state index in [1.165, 1.54) is 0 Å². The molecule has 1 aromatic carbocycles. The summed E-state index contributed by atoms with van der Waals surface area (Å²) < 4.78 is 17.2. The molecule has 1 fully saturated rings. The van der Waals surface area contributed by atoms with Gasteiger partial charge < -0.3 is 14.2 Å². The molecule has 1 saturated heterocycles. The van der Waals surface area contributed by atoms with Crippen LogP contribution in [0.4, 0.5) is 0 Å². The predicted octanol–water partition coefficient (Wildman–Crippen LogP) is 3.94. The lowest BCUT2D eigenvalue weighted by molar-refractivity contribution is -0.243. The first kappa shape index (κ1) is 14.4. The van der Waals surface area contributed by atoms with Crippen LogP contribution in [0.2, 0.25) is 0 Å². The maximum Gasteiger partial charge on any atom is 0.184 e. The topological polar surface area (TPSA) is 27.7 Å². The van der Waals surface area contributed by atoms with Crippen LogP contribution in [0.1, 0.15) is 45.0 Å². The highest BCUT2D eigenvalue weighted by Crippen LogP contribution is 2.33. The summed E-state index contributed by atoms with van der Waals surface area (Å²) in [5.41, 5.74) is 1.07. The van der Waals surface area contributed by atoms with Gasteiger partial charge in [0.15, 0.2) is 6.29 Å². The summed E-state index contributed by atoms with van der Waals surface area (Å²) in [5.74, 6) is 1.38. The van der Waals surface area contributed by atoms with E-state index in [4.69, 9.17) is 14.2 Å². The minimum atomic E-state index is -0.231. The Hall–Kier alpha value is -1.06. The van der Waals surface area contributed by atoms with Crippen LogP contribution in [0.5, 0.6) is 5.75 Å². The molecule has 0 bridgehead atoms. The first-order chi connectivity index (χ1) is 9.28. The van der Waals surface area contributed by atoms with Gasteiger partial charge in [-0.1, -0.05) is 32.4 Å². The van der Waals surface area contributed by atoms with Crippen molar-refractivity contribution in [3.8, 4) is 5.75 Å². The molecule has 3 nitrogen and oxygen atoms in total. The zero-order valence-electron chi connectivity index (χ0n) is 12.1. The number of hydrogen-bond donors (Lipinski definition) is 0. The molecular formula is C16H24O3. The van der Waals surface area contributed by atoms with Gasteiger partial charge in [0.1, 0.15) is 5.75 Å². The molecule has 19 heavy (non-hydrogen) atoms. The normalized spacial score (nSPS) is 27.2. The zero-order valence-corrected chi connectivity index (χ0v) is 12.1. The average Bonchev–Trinajstić information content (AvgIpc) is 2.47. The number of hydrogen-bond acceptors (Lipinski definition) is 3. The van der Waals surface area contributed by atoms with Gasteiger partial charge in [-0.3, -0.25) is 0 Å². The van der Waals surface area contributed by atoms with E-state index in [1.54, 1.807) is 7.11 Å². The van der Waals surface area contributed by atoms with Crippen LogP contribution in [-0.2, 0) is 9.47 Å². The lowest BCUT2D eigenvalue weighted by Crippen LogP contribution is -2.35. The fraction of sp³-hybridized carbons (Fsp3) is 0.625. The number of methoxy groups -OCH3 is 1. The second kappa shape index (κ2) is 6.92. The van der Waals surface area contributed by atoms with Gasteiger partial charge in [-0.25, -0.2) is 0 Å². The van der Waals surface area contributed by atoms with Gasteiger partial charge in [0.25, 0.3) is 0 Å². The fourth-order valence-corrected chi connectivity index (χ4v) is 2.53. The Bertz CT molecular complexity index is 374. The number of benzene rings is 1. The van der Waals surface area contributed by atoms with Gasteiger partial charge in [0.2, 0.25) is 0 Å². The van der Waals surface area contributed by atoms with E-state index in [2.05, 4.69) is 13.8 Å². The van der Waals surface area contributed by atoms with Crippen molar-refractivity contribution in [1.29, 1.82) is 0 Å². The second-order valence-corrected chi connectivity index (χ2v) is 5.07. The molecule has 0 radical (unpaired) electrons. The van der Waals surface area contributed by atoms with Crippen LogP contribution in [-0.4, -0.2) is 19.8 Å². The van der Waals surface area contributed by atoms with Gasteiger partial charge in [0.05, 0.1) is 19.8 Å². The first-order valence-corrected chi connectivity index (χ1v) is 7.19. The summed E-state index contributed by atoms with van der Waals surface area (Å²) in [6.07, 6.45) is 3.45. The maximum absolute atomic E-state index is 6.13. The molecule has 0 saturated carbocycles. The summed E-state index contributed by atoms with van der Waals surface area (Å²) >= 11 is 0. The summed E-state index contributed by atoms with van der Waals surface area (Å²) in [6.45, 7) is 5.19. The molecule has 106 valence electrons. The van der Waals surface area contributed by atoms with E-state index in [0.717, 1.165) is 37.2 Å². The fourth-order valence-electron chi connectivity index (χ4n) is 2.53. The highest BCUT2D eigenvalue weighted by molar-refractivity contribution is 5.27. The van der Waals surface area contributed by atoms with Crippen LogP contribution in [0, 0.1) is 5.92 Å². The Morgan fingerprint density at radius 3 is 2.53 bits per heavy atom. The summed E-state index contributed by atoms with van der Waals surface area (Å²) in [5, 5.41) is 0. The molecule has 1 aromatic rings. The predicted molar refractivity (Wildman–Crippen MR) is 75.2 cm³/mol. The molecule has 3 atom stereocenters. The minimum Gasteiger partial charge on any atom is -0.497 e. The molecule has 3 heteroatoms. The van der Waals surface area contributed by atoms with Gasteiger partial charge >= 0.3 is 0 Å². The van der Waals surface area contributed by atoms with E-state index in [0.29, 0.717) is 12.0 Å². The average molecular weight is 264 g/mol. The second-order valence-electron chi connectivity index (χ2n) is 5.07. The van der Waals surface area contributed by atoms with E-state index in [1.807, 2.05) is 24.3 Å². The van der Waals surface area contributed by atoms with Gasteiger partial charge in [-0.05, 0) is 25.0 Å². The Morgan fingerprint density at radius 2 is 1.95 bits per heavy atom. The van der Waals surface area contributed by atoms with E-state index in [9.17, 15) is 0 Å². The van der Waals surface area contributed by atoms with Crippen molar-refractivity contribution >= 4 is 0 Å². The summed E-state index contributed by atoms with van der Waals surface area (Å²) in [4.78, 5) is 0. The van der Waals surface area contributed by atoms with Crippen molar-refractivity contribution in [2.45, 2.75) is 45.5 Å². The third-order valence-corrected chi connectivity index (χ3v) is 3.77. The molecule has 0 unspecified atom stereocenters. The lowest BCUT2D eigenvalue weighted by Gasteiger charge is -2.36. The van der Waals surface area contributed by atoms with E-state index >= 15 is 0 Å². The van der Waals surface area contributed by atoms with Crippen LogP contribution >= 0.6 is 0 Å².